The summed E-state index contributed by atoms with van der Waals surface area (Å²) < 4.78 is 12.5. The third-order valence-corrected chi connectivity index (χ3v) is 4.48. The van der Waals surface area contributed by atoms with Crippen LogP contribution < -0.4 is 0 Å². The molecule has 2 rings (SSSR count). The van der Waals surface area contributed by atoms with E-state index in [0.29, 0.717) is 12.5 Å². The molecular weight excluding hydrogens is 320 g/mol. The van der Waals surface area contributed by atoms with Crippen molar-refractivity contribution in [2.24, 2.45) is 11.8 Å². The normalized spacial score (nSPS) is 14.8. The van der Waals surface area contributed by atoms with Crippen LogP contribution in [0.1, 0.15) is 31.9 Å². The number of hydrogen-bond donors (Lipinski definition) is 0. The van der Waals surface area contributed by atoms with Gasteiger partial charge in [-0.3, -0.25) is 0 Å². The molecule has 0 unspecified atom stereocenters. The van der Waals surface area contributed by atoms with Crippen molar-refractivity contribution < 1.29 is 9.47 Å². The van der Waals surface area contributed by atoms with Crippen LogP contribution in [0.3, 0.4) is 0 Å². The largest absolute Gasteiger partial charge is 0.375 e. The van der Waals surface area contributed by atoms with Crippen molar-refractivity contribution >= 4 is 0 Å². The third-order valence-electron chi connectivity index (χ3n) is 4.48. The van der Waals surface area contributed by atoms with E-state index in [2.05, 4.69) is 63.7 Å². The van der Waals surface area contributed by atoms with Gasteiger partial charge in [-0.2, -0.15) is 0 Å². The Balaban J connectivity index is 2.05. The first-order valence-electron chi connectivity index (χ1n) is 9.53. The van der Waals surface area contributed by atoms with E-state index in [1.54, 1.807) is 0 Å². The van der Waals surface area contributed by atoms with Crippen LogP contribution in [-0.4, -0.2) is 18.8 Å². The van der Waals surface area contributed by atoms with Gasteiger partial charge in [0.1, 0.15) is 0 Å². The molecule has 0 heterocycles. The number of benzene rings is 2. The van der Waals surface area contributed by atoms with Gasteiger partial charge in [-0.1, -0.05) is 80.6 Å². The number of rotatable bonds is 11. The highest BCUT2D eigenvalue weighted by molar-refractivity contribution is 5.17. The van der Waals surface area contributed by atoms with Crippen LogP contribution in [0.15, 0.2) is 73.3 Å². The second kappa shape index (κ2) is 10.9. The van der Waals surface area contributed by atoms with Crippen LogP contribution in [0.25, 0.3) is 0 Å². The van der Waals surface area contributed by atoms with Crippen LogP contribution in [0.4, 0.5) is 0 Å². The molecule has 0 spiro atoms. The Kier molecular flexibility index (Phi) is 8.60. The zero-order valence-electron chi connectivity index (χ0n) is 16.3. The minimum atomic E-state index is -0.0150. The summed E-state index contributed by atoms with van der Waals surface area (Å²) in [6, 6.07) is 20.8. The van der Waals surface area contributed by atoms with Gasteiger partial charge in [-0.15, -0.1) is 6.58 Å². The topological polar surface area (TPSA) is 18.5 Å². The van der Waals surface area contributed by atoms with Crippen molar-refractivity contribution in [1.29, 1.82) is 0 Å². The van der Waals surface area contributed by atoms with Crippen molar-refractivity contribution in [2.75, 3.05) is 6.61 Å². The summed E-state index contributed by atoms with van der Waals surface area (Å²) >= 11 is 0. The SMILES string of the molecule is C=C[C@H](Cc1ccccc1)[C@@H](OCC(C)C)[C@H](C)OCc1ccccc1. The lowest BCUT2D eigenvalue weighted by molar-refractivity contribution is -0.0937. The average Bonchev–Trinajstić information content (AvgIpc) is 2.67. The Hall–Kier alpha value is -1.90. The molecule has 3 atom stereocenters. The molecule has 0 aliphatic heterocycles. The first-order valence-corrected chi connectivity index (χ1v) is 9.53. The van der Waals surface area contributed by atoms with Gasteiger partial charge < -0.3 is 9.47 Å². The highest BCUT2D eigenvalue weighted by Crippen LogP contribution is 2.22. The maximum Gasteiger partial charge on any atom is 0.0899 e. The van der Waals surface area contributed by atoms with Crippen molar-refractivity contribution in [3.05, 3.63) is 84.4 Å². The Morgan fingerprint density at radius 1 is 0.846 bits per heavy atom. The Bertz CT molecular complexity index is 621. The van der Waals surface area contributed by atoms with Gasteiger partial charge in [0.2, 0.25) is 0 Å². The van der Waals surface area contributed by atoms with Gasteiger partial charge in [-0.25, -0.2) is 0 Å². The fraction of sp³-hybridized carbons (Fsp3) is 0.417. The van der Waals surface area contributed by atoms with E-state index >= 15 is 0 Å². The van der Waals surface area contributed by atoms with Crippen LogP contribution in [-0.2, 0) is 22.5 Å². The molecule has 0 amide bonds. The van der Waals surface area contributed by atoms with E-state index in [4.69, 9.17) is 9.47 Å². The van der Waals surface area contributed by atoms with Crippen molar-refractivity contribution in [2.45, 2.75) is 46.0 Å². The summed E-state index contributed by atoms with van der Waals surface area (Å²) in [4.78, 5) is 0. The first kappa shape index (κ1) is 20.4. The Labute approximate surface area is 158 Å². The van der Waals surface area contributed by atoms with Crippen molar-refractivity contribution in [3.63, 3.8) is 0 Å². The molecule has 140 valence electrons. The summed E-state index contributed by atoms with van der Waals surface area (Å²) in [5.74, 6) is 0.697. The molecule has 0 aliphatic rings. The summed E-state index contributed by atoms with van der Waals surface area (Å²) in [6.07, 6.45) is 2.89. The molecular formula is C24H32O2. The third kappa shape index (κ3) is 6.78. The monoisotopic (exact) mass is 352 g/mol. The molecule has 0 aromatic heterocycles. The summed E-state index contributed by atoms with van der Waals surface area (Å²) in [5.41, 5.74) is 2.48. The molecule has 2 nitrogen and oxygen atoms in total. The van der Waals surface area contributed by atoms with Gasteiger partial charge in [0.05, 0.1) is 18.8 Å². The minimum absolute atomic E-state index is 0.0133. The zero-order chi connectivity index (χ0) is 18.8. The summed E-state index contributed by atoms with van der Waals surface area (Å²) in [6.45, 7) is 11.8. The average molecular weight is 353 g/mol. The van der Waals surface area contributed by atoms with Gasteiger partial charge in [0.25, 0.3) is 0 Å². The molecule has 0 radical (unpaired) electrons. The van der Waals surface area contributed by atoms with Gasteiger partial charge >= 0.3 is 0 Å². The lowest BCUT2D eigenvalue weighted by atomic mass is 9.91. The molecule has 2 aromatic rings. The van der Waals surface area contributed by atoms with Crippen LogP contribution in [0, 0.1) is 11.8 Å². The fourth-order valence-electron chi connectivity index (χ4n) is 3.03. The standard InChI is InChI=1S/C24H32O2/c1-5-23(16-21-12-8-6-9-13-21)24(26-17-19(2)3)20(4)25-18-22-14-10-7-11-15-22/h5-15,19-20,23-24H,1,16-18H2,2-4H3/t20-,23+,24-/m0/s1. The molecule has 0 saturated heterocycles. The van der Waals surface area contributed by atoms with E-state index < -0.39 is 0 Å². The van der Waals surface area contributed by atoms with Gasteiger partial charge in [-0.05, 0) is 30.4 Å². The van der Waals surface area contributed by atoms with Crippen molar-refractivity contribution in [3.8, 4) is 0 Å². The molecule has 2 aromatic carbocycles. The van der Waals surface area contributed by atoms with Crippen LogP contribution in [0.2, 0.25) is 0 Å². The lowest BCUT2D eigenvalue weighted by Crippen LogP contribution is -2.37. The van der Waals surface area contributed by atoms with E-state index in [9.17, 15) is 0 Å². The Morgan fingerprint density at radius 2 is 1.42 bits per heavy atom. The molecule has 0 saturated carbocycles. The quantitative estimate of drug-likeness (QED) is 0.485. The van der Waals surface area contributed by atoms with E-state index in [1.165, 1.54) is 11.1 Å². The Morgan fingerprint density at radius 3 is 1.96 bits per heavy atom. The smallest absolute Gasteiger partial charge is 0.0899 e. The van der Waals surface area contributed by atoms with Gasteiger partial charge in [0.15, 0.2) is 0 Å². The second-order valence-corrected chi connectivity index (χ2v) is 7.28. The van der Waals surface area contributed by atoms with E-state index in [-0.39, 0.29) is 18.1 Å². The number of ether oxygens (including phenoxy) is 2. The molecule has 2 heteroatoms. The fourth-order valence-corrected chi connectivity index (χ4v) is 3.03. The maximum absolute atomic E-state index is 6.28. The molecule has 0 bridgehead atoms. The zero-order valence-corrected chi connectivity index (χ0v) is 16.3. The molecule has 0 fully saturated rings. The van der Waals surface area contributed by atoms with Crippen molar-refractivity contribution in [1.82, 2.24) is 0 Å². The van der Waals surface area contributed by atoms with E-state index in [0.717, 1.165) is 13.0 Å². The number of hydrogen-bond acceptors (Lipinski definition) is 2. The lowest BCUT2D eigenvalue weighted by Gasteiger charge is -2.31. The van der Waals surface area contributed by atoms with Crippen LogP contribution in [0.5, 0.6) is 0 Å². The first-order chi connectivity index (χ1) is 12.6. The minimum Gasteiger partial charge on any atom is -0.375 e. The summed E-state index contributed by atoms with van der Waals surface area (Å²) in [7, 11) is 0. The summed E-state index contributed by atoms with van der Waals surface area (Å²) in [5, 5.41) is 0. The predicted octanol–water partition coefficient (Wildman–Crippen LogP) is 5.68. The predicted molar refractivity (Wildman–Crippen MR) is 109 cm³/mol. The van der Waals surface area contributed by atoms with Crippen LogP contribution >= 0.6 is 0 Å². The highest BCUT2D eigenvalue weighted by atomic mass is 16.5. The second-order valence-electron chi connectivity index (χ2n) is 7.28. The van der Waals surface area contributed by atoms with E-state index in [1.807, 2.05) is 30.3 Å². The van der Waals surface area contributed by atoms with Gasteiger partial charge in [0, 0.05) is 12.5 Å². The maximum atomic E-state index is 6.28. The molecule has 0 N–H and O–H groups in total. The molecule has 0 aliphatic carbocycles. The highest BCUT2D eigenvalue weighted by Gasteiger charge is 2.27. The molecule has 26 heavy (non-hydrogen) atoms.